The summed E-state index contributed by atoms with van der Waals surface area (Å²) in [7, 11) is 0. The summed E-state index contributed by atoms with van der Waals surface area (Å²) in [6, 6.07) is 8.71. The number of hydrogen-bond donors (Lipinski definition) is 0. The van der Waals surface area contributed by atoms with E-state index in [1.807, 2.05) is 5.51 Å². The zero-order valence-corrected chi connectivity index (χ0v) is 10.8. The third-order valence-electron chi connectivity index (χ3n) is 2.12. The lowest BCUT2D eigenvalue weighted by Gasteiger charge is -2.00. The van der Waals surface area contributed by atoms with Gasteiger partial charge in [-0.3, -0.25) is 0 Å². The fourth-order valence-corrected chi connectivity index (χ4v) is 2.64. The van der Waals surface area contributed by atoms with Crippen molar-refractivity contribution in [1.29, 1.82) is 0 Å². The zero-order chi connectivity index (χ0) is 9.97. The lowest BCUT2D eigenvalue weighted by atomic mass is 10.1. The van der Waals surface area contributed by atoms with Crippen LogP contribution in [0.2, 0.25) is 0 Å². The Morgan fingerprint density at radius 3 is 2.50 bits per heavy atom. The molecule has 0 saturated carbocycles. The summed E-state index contributed by atoms with van der Waals surface area (Å²) in [4.78, 5) is 5.54. The van der Waals surface area contributed by atoms with Gasteiger partial charge in [0.15, 0.2) is 0 Å². The Morgan fingerprint density at radius 2 is 2.00 bits per heavy atom. The summed E-state index contributed by atoms with van der Waals surface area (Å²) in [5, 5.41) is 0. The fraction of sp³-hybridized carbons (Fsp3) is 0.182. The maximum absolute atomic E-state index is 4.25. The van der Waals surface area contributed by atoms with Crippen molar-refractivity contribution in [3.05, 3.63) is 41.0 Å². The summed E-state index contributed by atoms with van der Waals surface area (Å²) in [5.74, 6) is 0. The quantitative estimate of drug-likeness (QED) is 0.602. The summed E-state index contributed by atoms with van der Waals surface area (Å²) < 4.78 is 1.07. The van der Waals surface area contributed by atoms with Gasteiger partial charge < -0.3 is 0 Å². The topological polar surface area (TPSA) is 12.9 Å². The predicted octanol–water partition coefficient (Wildman–Crippen LogP) is 4.05. The van der Waals surface area contributed by atoms with Crippen LogP contribution in [0, 0.1) is 6.92 Å². The maximum Gasteiger partial charge on any atom is 0.0801 e. The van der Waals surface area contributed by atoms with Crippen molar-refractivity contribution < 1.29 is 0 Å². The standard InChI is InChI=1S/C11H10INS/c1-8-11(14-7-13-8)10-4-2-9(6-12)3-5-10/h2-5,7H,6H2,1H3. The minimum absolute atomic E-state index is 1.07. The first-order valence-electron chi connectivity index (χ1n) is 4.36. The van der Waals surface area contributed by atoms with Crippen LogP contribution in [0.15, 0.2) is 29.8 Å². The van der Waals surface area contributed by atoms with Crippen LogP contribution in [-0.4, -0.2) is 4.98 Å². The first-order chi connectivity index (χ1) is 6.81. The molecule has 0 bridgehead atoms. The van der Waals surface area contributed by atoms with Gasteiger partial charge in [-0.1, -0.05) is 46.9 Å². The van der Waals surface area contributed by atoms with Gasteiger partial charge in [0.25, 0.3) is 0 Å². The van der Waals surface area contributed by atoms with E-state index < -0.39 is 0 Å². The van der Waals surface area contributed by atoms with E-state index in [9.17, 15) is 0 Å². The number of alkyl halides is 1. The number of aromatic nitrogens is 1. The molecule has 0 saturated heterocycles. The van der Waals surface area contributed by atoms with Gasteiger partial charge in [0.2, 0.25) is 0 Å². The van der Waals surface area contributed by atoms with E-state index in [1.54, 1.807) is 11.3 Å². The fourth-order valence-electron chi connectivity index (χ4n) is 1.32. The molecule has 14 heavy (non-hydrogen) atoms. The molecule has 2 rings (SSSR count). The van der Waals surface area contributed by atoms with Crippen LogP contribution >= 0.6 is 33.9 Å². The highest BCUT2D eigenvalue weighted by atomic mass is 127. The molecule has 0 fully saturated rings. The van der Waals surface area contributed by atoms with Crippen LogP contribution in [0.4, 0.5) is 0 Å². The van der Waals surface area contributed by atoms with Gasteiger partial charge in [0.05, 0.1) is 16.1 Å². The van der Waals surface area contributed by atoms with Crippen molar-refractivity contribution >= 4 is 33.9 Å². The molecule has 2 aromatic rings. The van der Waals surface area contributed by atoms with Gasteiger partial charge >= 0.3 is 0 Å². The van der Waals surface area contributed by atoms with Crippen LogP contribution in [-0.2, 0) is 4.43 Å². The number of rotatable bonds is 2. The zero-order valence-electron chi connectivity index (χ0n) is 7.83. The Hall–Kier alpha value is -0.420. The molecule has 0 aliphatic carbocycles. The third kappa shape index (κ3) is 1.98. The van der Waals surface area contributed by atoms with Crippen LogP contribution in [0.25, 0.3) is 10.4 Å². The van der Waals surface area contributed by atoms with Gasteiger partial charge in [-0.05, 0) is 18.1 Å². The minimum atomic E-state index is 1.07. The number of halogens is 1. The molecular formula is C11H10INS. The molecule has 1 heterocycles. The van der Waals surface area contributed by atoms with Crippen LogP contribution in [0.3, 0.4) is 0 Å². The number of benzene rings is 1. The summed E-state index contributed by atoms with van der Waals surface area (Å²) in [5.41, 5.74) is 5.67. The first-order valence-corrected chi connectivity index (χ1v) is 6.77. The second-order valence-corrected chi connectivity index (χ2v) is 4.72. The van der Waals surface area contributed by atoms with E-state index in [-0.39, 0.29) is 0 Å². The van der Waals surface area contributed by atoms with E-state index >= 15 is 0 Å². The second-order valence-electron chi connectivity index (χ2n) is 3.10. The van der Waals surface area contributed by atoms with E-state index in [0.717, 1.165) is 10.1 Å². The molecule has 0 N–H and O–H groups in total. The molecule has 1 nitrogen and oxygen atoms in total. The highest BCUT2D eigenvalue weighted by molar-refractivity contribution is 14.1. The average Bonchev–Trinajstić information content (AvgIpc) is 2.65. The normalized spacial score (nSPS) is 10.4. The minimum Gasteiger partial charge on any atom is -0.249 e. The number of hydrogen-bond acceptors (Lipinski definition) is 2. The van der Waals surface area contributed by atoms with E-state index in [0.29, 0.717) is 0 Å². The van der Waals surface area contributed by atoms with Crippen LogP contribution in [0.1, 0.15) is 11.3 Å². The highest BCUT2D eigenvalue weighted by Crippen LogP contribution is 2.27. The number of nitrogens with zero attached hydrogens (tertiary/aromatic N) is 1. The van der Waals surface area contributed by atoms with Gasteiger partial charge in [-0.15, -0.1) is 11.3 Å². The SMILES string of the molecule is Cc1ncsc1-c1ccc(CI)cc1. The van der Waals surface area contributed by atoms with Gasteiger partial charge in [0.1, 0.15) is 0 Å². The Morgan fingerprint density at radius 1 is 1.29 bits per heavy atom. The highest BCUT2D eigenvalue weighted by Gasteiger charge is 2.03. The van der Waals surface area contributed by atoms with E-state index in [1.165, 1.54) is 16.0 Å². The molecule has 1 aromatic heterocycles. The molecule has 1 aromatic carbocycles. The van der Waals surface area contributed by atoms with Gasteiger partial charge in [-0.25, -0.2) is 4.98 Å². The van der Waals surface area contributed by atoms with Crippen molar-refractivity contribution in [3.8, 4) is 10.4 Å². The molecule has 0 aliphatic heterocycles. The van der Waals surface area contributed by atoms with Crippen molar-refractivity contribution in [2.45, 2.75) is 11.4 Å². The van der Waals surface area contributed by atoms with E-state index in [4.69, 9.17) is 0 Å². The maximum atomic E-state index is 4.25. The Bertz CT molecular complexity index is 419. The molecule has 0 amide bonds. The molecule has 72 valence electrons. The lowest BCUT2D eigenvalue weighted by molar-refractivity contribution is 1.27. The van der Waals surface area contributed by atoms with Gasteiger partial charge in [-0.2, -0.15) is 0 Å². The number of aryl methyl sites for hydroxylation is 1. The molecule has 0 aliphatic rings. The Labute approximate surface area is 101 Å². The number of thiazole rings is 1. The third-order valence-corrected chi connectivity index (χ3v) is 3.97. The van der Waals surface area contributed by atoms with Crippen LogP contribution < -0.4 is 0 Å². The lowest BCUT2D eigenvalue weighted by Crippen LogP contribution is -1.80. The monoisotopic (exact) mass is 315 g/mol. The molecule has 0 atom stereocenters. The average molecular weight is 315 g/mol. The Balaban J connectivity index is 2.39. The molecule has 0 radical (unpaired) electrons. The van der Waals surface area contributed by atoms with Crippen LogP contribution in [0.5, 0.6) is 0 Å². The molecular weight excluding hydrogens is 305 g/mol. The summed E-state index contributed by atoms with van der Waals surface area (Å²) in [6.07, 6.45) is 0. The predicted molar refractivity (Wildman–Crippen MR) is 70.0 cm³/mol. The largest absolute Gasteiger partial charge is 0.249 e. The van der Waals surface area contributed by atoms with Crippen molar-refractivity contribution in [2.75, 3.05) is 0 Å². The smallest absolute Gasteiger partial charge is 0.0801 e. The van der Waals surface area contributed by atoms with Crippen molar-refractivity contribution in [1.82, 2.24) is 4.98 Å². The first kappa shape index (κ1) is 10.1. The van der Waals surface area contributed by atoms with E-state index in [2.05, 4.69) is 58.8 Å². The molecule has 0 unspecified atom stereocenters. The summed E-state index contributed by atoms with van der Waals surface area (Å²) in [6.45, 7) is 2.05. The molecule has 3 heteroatoms. The second kappa shape index (κ2) is 4.40. The Kier molecular flexibility index (Phi) is 3.18. The van der Waals surface area contributed by atoms with Crippen molar-refractivity contribution in [3.63, 3.8) is 0 Å². The van der Waals surface area contributed by atoms with Gasteiger partial charge in [0, 0.05) is 4.43 Å². The molecule has 0 spiro atoms. The van der Waals surface area contributed by atoms with Crippen molar-refractivity contribution in [2.24, 2.45) is 0 Å². The summed E-state index contributed by atoms with van der Waals surface area (Å²) >= 11 is 4.08.